The standard InChI is InChI=1S/C16H23NO4/c1-16(10-21-11-16)9-17-15(18)7-5-12-4-6-13(19-2)14(8-12)20-3/h4,6,8H,5,7,9-11H2,1-3H3,(H,17,18). The van der Waals surface area contributed by atoms with Gasteiger partial charge in [0.2, 0.25) is 5.91 Å². The van der Waals surface area contributed by atoms with Crippen molar-refractivity contribution < 1.29 is 19.0 Å². The molecule has 1 heterocycles. The zero-order valence-corrected chi connectivity index (χ0v) is 12.9. The molecular weight excluding hydrogens is 270 g/mol. The molecule has 0 unspecified atom stereocenters. The number of nitrogens with one attached hydrogen (secondary N) is 1. The number of rotatable bonds is 7. The Morgan fingerprint density at radius 3 is 2.57 bits per heavy atom. The minimum Gasteiger partial charge on any atom is -0.493 e. The molecule has 0 aromatic heterocycles. The molecule has 0 spiro atoms. The fourth-order valence-corrected chi connectivity index (χ4v) is 2.25. The number of hydrogen-bond donors (Lipinski definition) is 1. The molecule has 1 aromatic rings. The van der Waals surface area contributed by atoms with E-state index in [2.05, 4.69) is 12.2 Å². The first kappa shape index (κ1) is 15.6. The zero-order valence-electron chi connectivity index (χ0n) is 12.9. The second-order valence-corrected chi connectivity index (χ2v) is 5.77. The van der Waals surface area contributed by atoms with Crippen LogP contribution < -0.4 is 14.8 Å². The summed E-state index contributed by atoms with van der Waals surface area (Å²) in [6.45, 7) is 4.24. The fourth-order valence-electron chi connectivity index (χ4n) is 2.25. The SMILES string of the molecule is COc1ccc(CCC(=O)NCC2(C)COC2)cc1OC. The lowest BCUT2D eigenvalue weighted by molar-refractivity contribution is -0.126. The summed E-state index contributed by atoms with van der Waals surface area (Å²) in [7, 11) is 3.21. The number of ether oxygens (including phenoxy) is 3. The van der Waals surface area contributed by atoms with E-state index in [4.69, 9.17) is 14.2 Å². The Hall–Kier alpha value is -1.75. The molecule has 0 saturated carbocycles. The smallest absolute Gasteiger partial charge is 0.220 e. The fraction of sp³-hybridized carbons (Fsp3) is 0.562. The van der Waals surface area contributed by atoms with Gasteiger partial charge in [0.05, 0.1) is 27.4 Å². The number of carbonyl (C=O) groups is 1. The van der Waals surface area contributed by atoms with E-state index in [1.807, 2.05) is 18.2 Å². The van der Waals surface area contributed by atoms with Gasteiger partial charge < -0.3 is 19.5 Å². The number of amides is 1. The van der Waals surface area contributed by atoms with Gasteiger partial charge in [0, 0.05) is 18.4 Å². The number of benzene rings is 1. The number of hydrogen-bond acceptors (Lipinski definition) is 4. The molecule has 5 heteroatoms. The quantitative estimate of drug-likeness (QED) is 0.832. The maximum Gasteiger partial charge on any atom is 0.220 e. The number of methoxy groups -OCH3 is 2. The van der Waals surface area contributed by atoms with Crippen molar-refractivity contribution in [1.82, 2.24) is 5.32 Å². The van der Waals surface area contributed by atoms with Crippen molar-refractivity contribution in [1.29, 1.82) is 0 Å². The zero-order chi connectivity index (χ0) is 15.3. The molecule has 5 nitrogen and oxygen atoms in total. The van der Waals surface area contributed by atoms with Crippen LogP contribution >= 0.6 is 0 Å². The van der Waals surface area contributed by atoms with Crippen molar-refractivity contribution in [2.75, 3.05) is 34.0 Å². The van der Waals surface area contributed by atoms with E-state index in [0.29, 0.717) is 30.9 Å². The Morgan fingerprint density at radius 1 is 1.29 bits per heavy atom. The first-order valence-corrected chi connectivity index (χ1v) is 7.12. The van der Waals surface area contributed by atoms with Crippen molar-refractivity contribution in [3.8, 4) is 11.5 Å². The summed E-state index contributed by atoms with van der Waals surface area (Å²) in [5.74, 6) is 1.45. The van der Waals surface area contributed by atoms with E-state index < -0.39 is 0 Å². The molecule has 1 fully saturated rings. The van der Waals surface area contributed by atoms with Gasteiger partial charge >= 0.3 is 0 Å². The van der Waals surface area contributed by atoms with Crippen molar-refractivity contribution >= 4 is 5.91 Å². The molecule has 21 heavy (non-hydrogen) atoms. The van der Waals surface area contributed by atoms with Crippen molar-refractivity contribution in [2.45, 2.75) is 19.8 Å². The van der Waals surface area contributed by atoms with Gasteiger partial charge in [-0.3, -0.25) is 4.79 Å². The van der Waals surface area contributed by atoms with E-state index in [9.17, 15) is 4.79 Å². The third kappa shape index (κ3) is 4.11. The third-order valence-corrected chi connectivity index (χ3v) is 3.70. The summed E-state index contributed by atoms with van der Waals surface area (Å²) in [6, 6.07) is 5.72. The van der Waals surface area contributed by atoms with Crippen molar-refractivity contribution in [3.05, 3.63) is 23.8 Å². The topological polar surface area (TPSA) is 56.8 Å². The molecule has 0 bridgehead atoms. The average Bonchev–Trinajstić information content (AvgIpc) is 2.48. The van der Waals surface area contributed by atoms with Gasteiger partial charge in [-0.05, 0) is 24.1 Å². The normalized spacial score (nSPS) is 16.0. The van der Waals surface area contributed by atoms with Gasteiger partial charge in [-0.15, -0.1) is 0 Å². The molecular formula is C16H23NO4. The van der Waals surface area contributed by atoms with Gasteiger partial charge in [0.25, 0.3) is 0 Å². The molecule has 1 aliphatic rings. The largest absolute Gasteiger partial charge is 0.493 e. The molecule has 1 N–H and O–H groups in total. The van der Waals surface area contributed by atoms with Gasteiger partial charge in [-0.25, -0.2) is 0 Å². The van der Waals surface area contributed by atoms with Crippen molar-refractivity contribution in [3.63, 3.8) is 0 Å². The van der Waals surface area contributed by atoms with E-state index in [0.717, 1.165) is 18.8 Å². The Morgan fingerprint density at radius 2 is 2.00 bits per heavy atom. The second-order valence-electron chi connectivity index (χ2n) is 5.77. The maximum absolute atomic E-state index is 11.9. The number of aryl methyl sites for hydroxylation is 1. The van der Waals surface area contributed by atoms with E-state index in [-0.39, 0.29) is 11.3 Å². The Balaban J connectivity index is 1.80. The summed E-state index contributed by atoms with van der Waals surface area (Å²) < 4.78 is 15.6. The highest BCUT2D eigenvalue weighted by atomic mass is 16.5. The maximum atomic E-state index is 11.9. The van der Waals surface area contributed by atoms with Gasteiger partial charge in [-0.2, -0.15) is 0 Å². The third-order valence-electron chi connectivity index (χ3n) is 3.70. The van der Waals surface area contributed by atoms with Crippen LogP contribution in [0.25, 0.3) is 0 Å². The molecule has 116 valence electrons. The van der Waals surface area contributed by atoms with Crippen LogP contribution in [0.2, 0.25) is 0 Å². The Bertz CT molecular complexity index is 497. The molecule has 1 saturated heterocycles. The predicted octanol–water partition coefficient (Wildman–Crippen LogP) is 1.79. The van der Waals surface area contributed by atoms with Gasteiger partial charge in [0.15, 0.2) is 11.5 Å². The lowest BCUT2D eigenvalue weighted by atomic mass is 9.89. The van der Waals surface area contributed by atoms with Crippen LogP contribution in [0.3, 0.4) is 0 Å². The minimum absolute atomic E-state index is 0.0675. The average molecular weight is 293 g/mol. The van der Waals surface area contributed by atoms with Crippen LogP contribution in [0.4, 0.5) is 0 Å². The molecule has 1 amide bonds. The summed E-state index contributed by atoms with van der Waals surface area (Å²) >= 11 is 0. The van der Waals surface area contributed by atoms with Gasteiger partial charge in [0.1, 0.15) is 0 Å². The summed E-state index contributed by atoms with van der Waals surface area (Å²) in [6.07, 6.45) is 1.14. The molecule has 1 aromatic carbocycles. The summed E-state index contributed by atoms with van der Waals surface area (Å²) in [5, 5.41) is 2.97. The highest BCUT2D eigenvalue weighted by Crippen LogP contribution is 2.28. The predicted molar refractivity (Wildman–Crippen MR) is 79.8 cm³/mol. The molecule has 1 aliphatic heterocycles. The minimum atomic E-state index is 0.0675. The Labute approximate surface area is 125 Å². The van der Waals surface area contributed by atoms with Crippen molar-refractivity contribution in [2.24, 2.45) is 5.41 Å². The van der Waals surface area contributed by atoms with Crippen LogP contribution in [0.1, 0.15) is 18.9 Å². The van der Waals surface area contributed by atoms with Crippen LogP contribution in [0, 0.1) is 5.41 Å². The summed E-state index contributed by atoms with van der Waals surface area (Å²) in [4.78, 5) is 11.9. The lowest BCUT2D eigenvalue weighted by Gasteiger charge is -2.38. The van der Waals surface area contributed by atoms with E-state index >= 15 is 0 Å². The van der Waals surface area contributed by atoms with Crippen LogP contribution in [-0.2, 0) is 16.0 Å². The summed E-state index contributed by atoms with van der Waals surface area (Å²) in [5.41, 5.74) is 1.17. The number of carbonyl (C=O) groups excluding carboxylic acids is 1. The highest BCUT2D eigenvalue weighted by molar-refractivity contribution is 5.76. The van der Waals surface area contributed by atoms with E-state index in [1.165, 1.54) is 0 Å². The van der Waals surface area contributed by atoms with Gasteiger partial charge in [-0.1, -0.05) is 13.0 Å². The molecule has 0 aliphatic carbocycles. The Kier molecular flexibility index (Phi) is 5.07. The molecule has 0 atom stereocenters. The highest BCUT2D eigenvalue weighted by Gasteiger charge is 2.33. The first-order valence-electron chi connectivity index (χ1n) is 7.12. The van der Waals surface area contributed by atoms with E-state index in [1.54, 1.807) is 14.2 Å². The van der Waals surface area contributed by atoms with Crippen LogP contribution in [0.15, 0.2) is 18.2 Å². The molecule has 0 radical (unpaired) electrons. The van der Waals surface area contributed by atoms with Crippen LogP contribution in [-0.4, -0.2) is 39.9 Å². The monoisotopic (exact) mass is 293 g/mol. The van der Waals surface area contributed by atoms with Crippen LogP contribution in [0.5, 0.6) is 11.5 Å². The first-order chi connectivity index (χ1) is 10.1. The molecule has 2 rings (SSSR count). The second kappa shape index (κ2) is 6.80. The lowest BCUT2D eigenvalue weighted by Crippen LogP contribution is -2.48.